The molecule has 0 radical (unpaired) electrons. The van der Waals surface area contributed by atoms with Crippen LogP contribution in [-0.2, 0) is 5.41 Å². The van der Waals surface area contributed by atoms with E-state index in [0.29, 0.717) is 5.41 Å². The Morgan fingerprint density at radius 1 is 1.04 bits per heavy atom. The number of nitrogens with zero attached hydrogens (tertiary/aromatic N) is 1. The monoisotopic (exact) mass is 340 g/mol. The van der Waals surface area contributed by atoms with E-state index in [-0.39, 0.29) is 0 Å². The molecule has 1 aromatic rings. The van der Waals surface area contributed by atoms with Gasteiger partial charge in [-0.2, -0.15) is 0 Å². The number of piperidine rings is 1. The lowest BCUT2D eigenvalue weighted by Gasteiger charge is -2.51. The van der Waals surface area contributed by atoms with Gasteiger partial charge in [-0.05, 0) is 80.6 Å². The molecule has 138 valence electrons. The fourth-order valence-corrected chi connectivity index (χ4v) is 6.04. The zero-order valence-corrected chi connectivity index (χ0v) is 15.9. The third-order valence-corrected chi connectivity index (χ3v) is 7.49. The van der Waals surface area contributed by atoms with E-state index >= 15 is 0 Å². The van der Waals surface area contributed by atoms with Crippen molar-refractivity contribution in [3.63, 3.8) is 0 Å². The van der Waals surface area contributed by atoms with Gasteiger partial charge in [-0.3, -0.25) is 0 Å². The summed E-state index contributed by atoms with van der Waals surface area (Å²) in [5.41, 5.74) is 8.95. The van der Waals surface area contributed by atoms with Crippen molar-refractivity contribution in [2.75, 3.05) is 18.8 Å². The van der Waals surface area contributed by atoms with Crippen molar-refractivity contribution in [3.8, 4) is 0 Å². The fraction of sp³-hybridized carbons (Fsp3) is 0.739. The molecule has 0 spiro atoms. The van der Waals surface area contributed by atoms with Gasteiger partial charge >= 0.3 is 0 Å². The van der Waals surface area contributed by atoms with Crippen LogP contribution in [0.5, 0.6) is 0 Å². The first-order valence-electron chi connectivity index (χ1n) is 10.9. The Morgan fingerprint density at radius 2 is 1.92 bits per heavy atom. The highest BCUT2D eigenvalue weighted by Gasteiger charge is 2.43. The van der Waals surface area contributed by atoms with Crippen LogP contribution in [0.25, 0.3) is 0 Å². The van der Waals surface area contributed by atoms with Crippen LogP contribution in [0.4, 0.5) is 5.69 Å². The number of fused-ring (bicyclic) bond motifs is 2. The summed E-state index contributed by atoms with van der Waals surface area (Å²) in [6.07, 6.45) is 17.2. The number of likely N-dealkylation sites (tertiary alicyclic amines) is 1. The molecule has 1 heterocycles. The summed E-state index contributed by atoms with van der Waals surface area (Å²) in [7, 11) is 0. The maximum Gasteiger partial charge on any atom is 0.0316 e. The zero-order chi connectivity index (χ0) is 17.1. The Kier molecular flexibility index (Phi) is 5.36. The number of nitrogens with two attached hydrogens (primary N) is 1. The van der Waals surface area contributed by atoms with Crippen LogP contribution in [0, 0.1) is 5.92 Å². The highest BCUT2D eigenvalue weighted by Crippen LogP contribution is 2.47. The van der Waals surface area contributed by atoms with Crippen LogP contribution in [0.2, 0.25) is 0 Å². The van der Waals surface area contributed by atoms with Gasteiger partial charge in [0.25, 0.3) is 0 Å². The first-order chi connectivity index (χ1) is 12.3. The summed E-state index contributed by atoms with van der Waals surface area (Å²) in [5.74, 6) is 1.04. The van der Waals surface area contributed by atoms with Crippen molar-refractivity contribution in [3.05, 3.63) is 29.8 Å². The van der Waals surface area contributed by atoms with E-state index in [9.17, 15) is 0 Å². The summed E-state index contributed by atoms with van der Waals surface area (Å²) in [6, 6.07) is 9.58. The molecule has 3 fully saturated rings. The van der Waals surface area contributed by atoms with Crippen molar-refractivity contribution in [1.82, 2.24) is 4.90 Å². The Bertz CT molecular complexity index is 563. The van der Waals surface area contributed by atoms with Gasteiger partial charge < -0.3 is 10.6 Å². The van der Waals surface area contributed by atoms with Crippen molar-refractivity contribution in [2.24, 2.45) is 5.92 Å². The fourth-order valence-electron chi connectivity index (χ4n) is 6.04. The lowest BCUT2D eigenvalue weighted by atomic mass is 9.63. The van der Waals surface area contributed by atoms with Gasteiger partial charge in [-0.15, -0.1) is 0 Å². The molecule has 2 bridgehead atoms. The van der Waals surface area contributed by atoms with E-state index in [4.69, 9.17) is 5.73 Å². The maximum atomic E-state index is 6.08. The van der Waals surface area contributed by atoms with Gasteiger partial charge in [-0.1, -0.05) is 50.7 Å². The van der Waals surface area contributed by atoms with E-state index in [1.54, 1.807) is 0 Å². The van der Waals surface area contributed by atoms with Gasteiger partial charge in [0.15, 0.2) is 0 Å². The number of hydrogen-bond donors (Lipinski definition) is 1. The molecule has 2 atom stereocenters. The van der Waals surface area contributed by atoms with Gasteiger partial charge in [0, 0.05) is 11.7 Å². The van der Waals surface area contributed by atoms with E-state index in [0.717, 1.165) is 17.6 Å². The quantitative estimate of drug-likeness (QED) is 0.716. The third-order valence-electron chi connectivity index (χ3n) is 7.49. The number of benzene rings is 1. The number of rotatable bonds is 5. The molecule has 4 rings (SSSR count). The molecule has 1 aliphatic heterocycles. The zero-order valence-electron chi connectivity index (χ0n) is 15.9. The molecule has 3 aliphatic rings. The number of hydrogen-bond acceptors (Lipinski definition) is 2. The molecule has 0 aromatic heterocycles. The molecule has 2 unspecified atom stereocenters. The van der Waals surface area contributed by atoms with Crippen molar-refractivity contribution < 1.29 is 0 Å². The minimum atomic E-state index is 0.415. The molecule has 2 N–H and O–H groups in total. The molecular weight excluding hydrogens is 304 g/mol. The van der Waals surface area contributed by atoms with Gasteiger partial charge in [0.2, 0.25) is 0 Å². The Morgan fingerprint density at radius 3 is 2.76 bits per heavy atom. The van der Waals surface area contributed by atoms with Crippen LogP contribution in [0.1, 0.15) is 82.6 Å². The number of anilines is 1. The molecule has 1 aromatic carbocycles. The molecule has 2 saturated carbocycles. The first-order valence-corrected chi connectivity index (χ1v) is 10.9. The first kappa shape index (κ1) is 17.4. The van der Waals surface area contributed by atoms with E-state index < -0.39 is 0 Å². The van der Waals surface area contributed by atoms with Gasteiger partial charge in [0.1, 0.15) is 0 Å². The normalized spacial score (nSPS) is 31.1. The molecule has 2 aliphatic carbocycles. The minimum Gasteiger partial charge on any atom is -0.399 e. The van der Waals surface area contributed by atoms with Crippen LogP contribution >= 0.6 is 0 Å². The van der Waals surface area contributed by atoms with Crippen molar-refractivity contribution in [2.45, 2.75) is 88.5 Å². The Hall–Kier alpha value is -1.02. The molecule has 2 nitrogen and oxygen atoms in total. The standard InChI is InChI=1S/C23H36N2/c24-21-11-4-10-20(17-21)23-13-5-12-22(18-23)25(16-14-23)15-6-9-19-7-2-1-3-8-19/h4,10-11,17,19,22H,1-3,5-9,12-16,18,24H2. The van der Waals surface area contributed by atoms with Gasteiger partial charge in [-0.25, -0.2) is 0 Å². The maximum absolute atomic E-state index is 6.08. The van der Waals surface area contributed by atoms with Crippen LogP contribution in [0.3, 0.4) is 0 Å². The van der Waals surface area contributed by atoms with Crippen molar-refractivity contribution in [1.29, 1.82) is 0 Å². The molecular formula is C23H36N2. The largest absolute Gasteiger partial charge is 0.399 e. The minimum absolute atomic E-state index is 0.415. The predicted octanol–water partition coefficient (Wildman–Crippen LogP) is 5.52. The third kappa shape index (κ3) is 3.89. The van der Waals surface area contributed by atoms with Crippen molar-refractivity contribution >= 4 is 5.69 Å². The van der Waals surface area contributed by atoms with E-state index in [1.165, 1.54) is 95.7 Å². The Balaban J connectivity index is 1.34. The molecule has 25 heavy (non-hydrogen) atoms. The molecule has 1 saturated heterocycles. The Labute approximate surface area is 154 Å². The summed E-state index contributed by atoms with van der Waals surface area (Å²) < 4.78 is 0. The summed E-state index contributed by atoms with van der Waals surface area (Å²) >= 11 is 0. The smallest absolute Gasteiger partial charge is 0.0316 e. The lowest BCUT2D eigenvalue weighted by molar-refractivity contribution is 0.0492. The second-order valence-corrected chi connectivity index (χ2v) is 9.09. The van der Waals surface area contributed by atoms with E-state index in [1.807, 2.05) is 6.07 Å². The second-order valence-electron chi connectivity index (χ2n) is 9.09. The average molecular weight is 341 g/mol. The van der Waals surface area contributed by atoms with E-state index in [2.05, 4.69) is 23.1 Å². The average Bonchev–Trinajstić information content (AvgIpc) is 2.65. The van der Waals surface area contributed by atoms with Crippen LogP contribution < -0.4 is 5.73 Å². The second kappa shape index (κ2) is 7.70. The SMILES string of the molecule is Nc1cccc(C23CCCC(C2)N(CCCC2CCCCC2)CC3)c1. The summed E-state index contributed by atoms with van der Waals surface area (Å²) in [4.78, 5) is 2.84. The highest BCUT2D eigenvalue weighted by molar-refractivity contribution is 5.44. The summed E-state index contributed by atoms with van der Waals surface area (Å²) in [5, 5.41) is 0. The number of nitrogen functional groups attached to an aromatic ring is 1. The lowest BCUT2D eigenvalue weighted by Crippen LogP contribution is -2.51. The predicted molar refractivity (Wildman–Crippen MR) is 107 cm³/mol. The van der Waals surface area contributed by atoms with Gasteiger partial charge in [0.05, 0.1) is 0 Å². The van der Waals surface area contributed by atoms with Crippen LogP contribution in [0.15, 0.2) is 24.3 Å². The molecule has 0 amide bonds. The topological polar surface area (TPSA) is 29.3 Å². The van der Waals surface area contributed by atoms with Crippen LogP contribution in [-0.4, -0.2) is 24.0 Å². The highest BCUT2D eigenvalue weighted by atomic mass is 15.2. The molecule has 2 heteroatoms. The summed E-state index contributed by atoms with van der Waals surface area (Å²) in [6.45, 7) is 2.64.